The SMILES string of the molecule is C=CCN(CCN(CC=O)C(=O)NCc1ccccc1)NCCN(C)Cc1cccc(C(=O)NC)n1.Cc1ccc(O)cc1. The number of likely N-dealkylation sites (N-methyl/N-ethyl adjacent to an activating group) is 1. The fraction of sp³-hybridized carbons (Fsp3) is 0.333. The molecule has 11 heteroatoms. The molecule has 3 rings (SSSR count). The Balaban J connectivity index is 0.000000727. The van der Waals surface area contributed by atoms with Gasteiger partial charge in [0.05, 0.1) is 12.2 Å². The van der Waals surface area contributed by atoms with Crippen LogP contribution in [0.5, 0.6) is 5.75 Å². The number of rotatable bonds is 16. The van der Waals surface area contributed by atoms with Crippen LogP contribution >= 0.6 is 0 Å². The summed E-state index contributed by atoms with van der Waals surface area (Å²) in [6.07, 6.45) is 2.51. The standard InChI is InChI=1S/C26H37N7O3.C7H8O/c1-4-14-33(17-16-32(18-19-34)26(36)28-20-22-9-6-5-7-10-22)29-13-15-31(3)21-23-11-8-12-24(30-23)25(35)27-2;1-6-2-4-7(8)5-3-6/h4-12,19,29H,1,13-18,20-21H2,2-3H3,(H,27,35)(H,28,36);2-5,8H,1H3. The molecule has 0 unspecified atom stereocenters. The summed E-state index contributed by atoms with van der Waals surface area (Å²) in [6.45, 7) is 9.70. The van der Waals surface area contributed by atoms with Crippen LogP contribution in [0.15, 0.2) is 85.5 Å². The summed E-state index contributed by atoms with van der Waals surface area (Å²) in [5.74, 6) is 0.120. The van der Waals surface area contributed by atoms with Crippen molar-refractivity contribution in [3.8, 4) is 5.75 Å². The maximum atomic E-state index is 12.6. The van der Waals surface area contributed by atoms with E-state index in [1.807, 2.05) is 73.6 Å². The number of aromatic nitrogens is 1. The van der Waals surface area contributed by atoms with Crippen LogP contribution in [0.2, 0.25) is 0 Å². The molecule has 2 aromatic carbocycles. The number of hydrogen-bond donors (Lipinski definition) is 4. The average Bonchev–Trinajstić information content (AvgIpc) is 3.03. The molecule has 0 atom stereocenters. The molecule has 44 heavy (non-hydrogen) atoms. The van der Waals surface area contributed by atoms with E-state index < -0.39 is 0 Å². The van der Waals surface area contributed by atoms with Crippen LogP contribution in [-0.2, 0) is 17.9 Å². The molecule has 0 radical (unpaired) electrons. The molecule has 0 bridgehead atoms. The molecule has 4 N–H and O–H groups in total. The fourth-order valence-electron chi connectivity index (χ4n) is 4.00. The van der Waals surface area contributed by atoms with Gasteiger partial charge in [-0.25, -0.2) is 14.8 Å². The first-order valence-electron chi connectivity index (χ1n) is 14.5. The third-order valence-electron chi connectivity index (χ3n) is 6.42. The molecule has 0 spiro atoms. The van der Waals surface area contributed by atoms with Gasteiger partial charge in [0.1, 0.15) is 17.7 Å². The molecule has 0 aliphatic rings. The topological polar surface area (TPSA) is 130 Å². The number of aldehydes is 1. The van der Waals surface area contributed by atoms with Crippen molar-refractivity contribution in [2.45, 2.75) is 20.0 Å². The van der Waals surface area contributed by atoms with Gasteiger partial charge in [0.25, 0.3) is 5.91 Å². The summed E-state index contributed by atoms with van der Waals surface area (Å²) in [5, 5.41) is 16.2. The minimum absolute atomic E-state index is 0.0212. The number of carbonyl (C=O) groups excluding carboxylic acids is 3. The summed E-state index contributed by atoms with van der Waals surface area (Å²) >= 11 is 0. The number of phenolic OH excluding ortho intramolecular Hbond substituents is 1. The zero-order valence-corrected chi connectivity index (χ0v) is 25.9. The number of carbonyl (C=O) groups is 3. The van der Waals surface area contributed by atoms with E-state index in [0.717, 1.165) is 24.1 Å². The smallest absolute Gasteiger partial charge is 0.318 e. The van der Waals surface area contributed by atoms with Gasteiger partial charge in [-0.05, 0) is 43.8 Å². The van der Waals surface area contributed by atoms with Gasteiger partial charge in [0, 0.05) is 52.9 Å². The number of aromatic hydroxyl groups is 1. The molecule has 0 saturated heterocycles. The number of pyridine rings is 1. The van der Waals surface area contributed by atoms with Crippen LogP contribution in [0.4, 0.5) is 4.79 Å². The molecule has 0 aliphatic heterocycles. The summed E-state index contributed by atoms with van der Waals surface area (Å²) in [6, 6.07) is 21.8. The first-order chi connectivity index (χ1) is 21.2. The van der Waals surface area contributed by atoms with Gasteiger partial charge in [-0.3, -0.25) is 15.1 Å². The highest BCUT2D eigenvalue weighted by atomic mass is 16.3. The first-order valence-corrected chi connectivity index (χ1v) is 14.5. The van der Waals surface area contributed by atoms with E-state index in [0.29, 0.717) is 50.7 Å². The zero-order chi connectivity index (χ0) is 32.2. The van der Waals surface area contributed by atoms with E-state index in [1.54, 1.807) is 31.3 Å². The summed E-state index contributed by atoms with van der Waals surface area (Å²) in [4.78, 5) is 43.5. The lowest BCUT2D eigenvalue weighted by atomic mass is 10.2. The molecule has 1 heterocycles. The molecule has 236 valence electrons. The Morgan fingerprint density at radius 1 is 0.955 bits per heavy atom. The van der Waals surface area contributed by atoms with Crippen molar-refractivity contribution in [1.29, 1.82) is 0 Å². The molecule has 0 fully saturated rings. The highest BCUT2D eigenvalue weighted by Gasteiger charge is 2.15. The molecule has 3 aromatic rings. The van der Waals surface area contributed by atoms with Gasteiger partial charge in [0.15, 0.2) is 0 Å². The fourth-order valence-corrected chi connectivity index (χ4v) is 4.00. The second-order valence-corrected chi connectivity index (χ2v) is 10.1. The van der Waals surface area contributed by atoms with Crippen molar-refractivity contribution in [2.24, 2.45) is 0 Å². The van der Waals surface area contributed by atoms with E-state index in [-0.39, 0.29) is 18.5 Å². The van der Waals surface area contributed by atoms with Gasteiger partial charge in [-0.15, -0.1) is 6.58 Å². The Bertz CT molecular complexity index is 1270. The normalized spacial score (nSPS) is 10.5. The van der Waals surface area contributed by atoms with Gasteiger partial charge in [-0.2, -0.15) is 0 Å². The maximum absolute atomic E-state index is 12.6. The number of benzene rings is 2. The van der Waals surface area contributed by atoms with E-state index in [1.165, 1.54) is 10.5 Å². The molecular formula is C33H45N7O4. The van der Waals surface area contributed by atoms with E-state index in [4.69, 9.17) is 5.11 Å². The van der Waals surface area contributed by atoms with Crippen LogP contribution in [0.1, 0.15) is 27.3 Å². The lowest BCUT2D eigenvalue weighted by molar-refractivity contribution is -0.108. The highest BCUT2D eigenvalue weighted by Crippen LogP contribution is 2.07. The molecule has 0 aliphatic carbocycles. The van der Waals surface area contributed by atoms with E-state index in [2.05, 4.69) is 32.5 Å². The van der Waals surface area contributed by atoms with Crippen molar-refractivity contribution in [3.63, 3.8) is 0 Å². The van der Waals surface area contributed by atoms with Crippen molar-refractivity contribution >= 4 is 18.2 Å². The van der Waals surface area contributed by atoms with Crippen molar-refractivity contribution in [1.82, 2.24) is 35.9 Å². The van der Waals surface area contributed by atoms with Crippen LogP contribution in [-0.4, -0.2) is 96.5 Å². The third-order valence-corrected chi connectivity index (χ3v) is 6.42. The quantitative estimate of drug-likeness (QED) is 0.112. The van der Waals surface area contributed by atoms with Crippen molar-refractivity contribution in [2.75, 3.05) is 53.4 Å². The molecule has 11 nitrogen and oxygen atoms in total. The zero-order valence-electron chi connectivity index (χ0n) is 25.9. The van der Waals surface area contributed by atoms with Crippen LogP contribution in [0.25, 0.3) is 0 Å². The number of aryl methyl sites for hydroxylation is 1. The number of phenols is 1. The second kappa shape index (κ2) is 20.3. The Morgan fingerprint density at radius 2 is 1.68 bits per heavy atom. The Kier molecular flexibility index (Phi) is 16.5. The Labute approximate surface area is 260 Å². The van der Waals surface area contributed by atoms with Gasteiger partial charge in [-0.1, -0.05) is 60.2 Å². The van der Waals surface area contributed by atoms with E-state index >= 15 is 0 Å². The molecular weight excluding hydrogens is 558 g/mol. The number of hydrazine groups is 1. The van der Waals surface area contributed by atoms with Gasteiger partial charge < -0.3 is 25.4 Å². The van der Waals surface area contributed by atoms with Crippen molar-refractivity contribution < 1.29 is 19.5 Å². The molecule has 0 saturated carbocycles. The lowest BCUT2D eigenvalue weighted by Gasteiger charge is -2.27. The Hall–Kier alpha value is -4.58. The Morgan fingerprint density at radius 3 is 2.32 bits per heavy atom. The number of urea groups is 1. The van der Waals surface area contributed by atoms with E-state index in [9.17, 15) is 14.4 Å². The van der Waals surface area contributed by atoms with Gasteiger partial charge in [0.2, 0.25) is 0 Å². The predicted molar refractivity (Wildman–Crippen MR) is 173 cm³/mol. The first kappa shape index (κ1) is 35.6. The monoisotopic (exact) mass is 603 g/mol. The summed E-state index contributed by atoms with van der Waals surface area (Å²) < 4.78 is 0. The lowest BCUT2D eigenvalue weighted by Crippen LogP contribution is -2.48. The minimum atomic E-state index is -0.282. The summed E-state index contributed by atoms with van der Waals surface area (Å²) in [7, 11) is 3.56. The van der Waals surface area contributed by atoms with Crippen LogP contribution in [0.3, 0.4) is 0 Å². The number of amides is 3. The largest absolute Gasteiger partial charge is 0.508 e. The minimum Gasteiger partial charge on any atom is -0.508 e. The number of nitrogens with one attached hydrogen (secondary N) is 3. The maximum Gasteiger partial charge on any atom is 0.318 e. The van der Waals surface area contributed by atoms with Crippen LogP contribution in [0, 0.1) is 6.92 Å². The average molecular weight is 604 g/mol. The van der Waals surface area contributed by atoms with Gasteiger partial charge >= 0.3 is 6.03 Å². The molecule has 3 amide bonds. The number of nitrogens with zero attached hydrogens (tertiary/aromatic N) is 4. The predicted octanol–water partition coefficient (Wildman–Crippen LogP) is 2.98. The van der Waals surface area contributed by atoms with Crippen LogP contribution < -0.4 is 16.1 Å². The number of hydrogen-bond acceptors (Lipinski definition) is 8. The highest BCUT2D eigenvalue weighted by molar-refractivity contribution is 5.91. The second-order valence-electron chi connectivity index (χ2n) is 10.1. The summed E-state index contributed by atoms with van der Waals surface area (Å²) in [5.41, 5.74) is 6.73. The molecule has 1 aromatic heterocycles. The third kappa shape index (κ3) is 14.1. The van der Waals surface area contributed by atoms with Crippen molar-refractivity contribution in [3.05, 3.63) is 108 Å².